The Morgan fingerprint density at radius 1 is 1.25 bits per heavy atom. The van der Waals surface area contributed by atoms with Crippen molar-refractivity contribution in [1.29, 1.82) is 0 Å². The highest BCUT2D eigenvalue weighted by atomic mass is 16.5. The normalized spacial score (nSPS) is 16.9. The van der Waals surface area contributed by atoms with Gasteiger partial charge < -0.3 is 10.1 Å². The Bertz CT molecular complexity index is 422. The monoisotopic (exact) mass is 275 g/mol. The summed E-state index contributed by atoms with van der Waals surface area (Å²) < 4.78 is 5.38. The van der Waals surface area contributed by atoms with Gasteiger partial charge in [0, 0.05) is 25.2 Å². The van der Waals surface area contributed by atoms with Crippen molar-refractivity contribution in [2.75, 3.05) is 19.8 Å². The van der Waals surface area contributed by atoms with E-state index in [9.17, 15) is 4.79 Å². The molecule has 0 bridgehead atoms. The van der Waals surface area contributed by atoms with Crippen LogP contribution in [0.15, 0.2) is 30.3 Å². The standard InChI is InChI=1S/C17H25NO2/c1-17(2,15-9-12-20-13-10-15)16(19)18-11-8-14-6-4-3-5-7-14/h3-7,15H,8-13H2,1-2H3,(H,18,19). The molecule has 0 unspecified atom stereocenters. The summed E-state index contributed by atoms with van der Waals surface area (Å²) in [5, 5.41) is 3.09. The van der Waals surface area contributed by atoms with Crippen LogP contribution in [0.25, 0.3) is 0 Å². The molecule has 1 aromatic rings. The van der Waals surface area contributed by atoms with E-state index in [0.29, 0.717) is 12.5 Å². The Kier molecular flexibility index (Phi) is 5.18. The van der Waals surface area contributed by atoms with E-state index in [2.05, 4.69) is 31.3 Å². The number of benzene rings is 1. The molecule has 20 heavy (non-hydrogen) atoms. The van der Waals surface area contributed by atoms with Crippen molar-refractivity contribution in [1.82, 2.24) is 5.32 Å². The first-order chi connectivity index (χ1) is 9.60. The predicted octanol–water partition coefficient (Wildman–Crippen LogP) is 2.80. The van der Waals surface area contributed by atoms with Gasteiger partial charge in [-0.25, -0.2) is 0 Å². The van der Waals surface area contributed by atoms with Gasteiger partial charge in [0.2, 0.25) is 5.91 Å². The minimum Gasteiger partial charge on any atom is -0.381 e. The minimum atomic E-state index is -0.305. The van der Waals surface area contributed by atoms with Crippen LogP contribution < -0.4 is 5.32 Å². The molecule has 0 spiro atoms. The lowest BCUT2D eigenvalue weighted by atomic mass is 9.74. The average Bonchev–Trinajstić information content (AvgIpc) is 2.49. The first kappa shape index (κ1) is 15.0. The number of hydrogen-bond donors (Lipinski definition) is 1. The van der Waals surface area contributed by atoms with Crippen LogP contribution in [0.5, 0.6) is 0 Å². The quantitative estimate of drug-likeness (QED) is 0.897. The highest BCUT2D eigenvalue weighted by Gasteiger charge is 2.37. The number of hydrogen-bond acceptors (Lipinski definition) is 2. The summed E-state index contributed by atoms with van der Waals surface area (Å²) in [7, 11) is 0. The van der Waals surface area contributed by atoms with Crippen LogP contribution in [0.2, 0.25) is 0 Å². The first-order valence-corrected chi connectivity index (χ1v) is 7.50. The van der Waals surface area contributed by atoms with Crippen molar-refractivity contribution < 1.29 is 9.53 Å². The van der Waals surface area contributed by atoms with Crippen LogP contribution in [-0.4, -0.2) is 25.7 Å². The molecule has 110 valence electrons. The van der Waals surface area contributed by atoms with E-state index in [1.807, 2.05) is 18.2 Å². The smallest absolute Gasteiger partial charge is 0.225 e. The fraction of sp³-hybridized carbons (Fsp3) is 0.588. The predicted molar refractivity (Wildman–Crippen MR) is 80.5 cm³/mol. The molecule has 1 heterocycles. The molecule has 1 aliphatic rings. The van der Waals surface area contributed by atoms with Gasteiger partial charge in [-0.1, -0.05) is 44.2 Å². The molecule has 0 aliphatic carbocycles. The highest BCUT2D eigenvalue weighted by molar-refractivity contribution is 5.82. The maximum Gasteiger partial charge on any atom is 0.225 e. The fourth-order valence-electron chi connectivity index (χ4n) is 2.80. The van der Waals surface area contributed by atoms with Gasteiger partial charge in [-0.15, -0.1) is 0 Å². The van der Waals surface area contributed by atoms with Crippen molar-refractivity contribution in [3.8, 4) is 0 Å². The maximum atomic E-state index is 12.4. The van der Waals surface area contributed by atoms with Gasteiger partial charge in [-0.2, -0.15) is 0 Å². The summed E-state index contributed by atoms with van der Waals surface area (Å²) in [4.78, 5) is 12.4. The van der Waals surface area contributed by atoms with E-state index in [4.69, 9.17) is 4.74 Å². The fourth-order valence-corrected chi connectivity index (χ4v) is 2.80. The number of carbonyl (C=O) groups excluding carboxylic acids is 1. The molecule has 0 saturated carbocycles. The summed E-state index contributed by atoms with van der Waals surface area (Å²) in [5.41, 5.74) is 0.956. The minimum absolute atomic E-state index is 0.167. The number of ether oxygens (including phenoxy) is 1. The number of carbonyl (C=O) groups is 1. The summed E-state index contributed by atoms with van der Waals surface area (Å²) in [6, 6.07) is 10.3. The first-order valence-electron chi connectivity index (χ1n) is 7.50. The second-order valence-corrected chi connectivity index (χ2v) is 6.10. The second kappa shape index (κ2) is 6.89. The zero-order valence-electron chi connectivity index (χ0n) is 12.5. The van der Waals surface area contributed by atoms with Crippen molar-refractivity contribution in [3.05, 3.63) is 35.9 Å². The van der Waals surface area contributed by atoms with Gasteiger partial charge in [0.25, 0.3) is 0 Å². The lowest BCUT2D eigenvalue weighted by molar-refractivity contribution is -0.134. The van der Waals surface area contributed by atoms with Gasteiger partial charge in [0.1, 0.15) is 0 Å². The molecular formula is C17H25NO2. The third kappa shape index (κ3) is 3.83. The molecule has 1 saturated heterocycles. The van der Waals surface area contributed by atoms with E-state index in [0.717, 1.165) is 32.5 Å². The molecule has 1 amide bonds. The van der Waals surface area contributed by atoms with E-state index >= 15 is 0 Å². The van der Waals surface area contributed by atoms with Crippen LogP contribution in [-0.2, 0) is 16.0 Å². The topological polar surface area (TPSA) is 38.3 Å². The summed E-state index contributed by atoms with van der Waals surface area (Å²) >= 11 is 0. The number of nitrogens with one attached hydrogen (secondary N) is 1. The Morgan fingerprint density at radius 2 is 1.90 bits per heavy atom. The zero-order chi connectivity index (χ0) is 14.4. The number of rotatable bonds is 5. The van der Waals surface area contributed by atoms with Crippen molar-refractivity contribution in [2.24, 2.45) is 11.3 Å². The molecule has 0 radical (unpaired) electrons. The maximum absolute atomic E-state index is 12.4. The van der Waals surface area contributed by atoms with Gasteiger partial charge in [0.05, 0.1) is 0 Å². The van der Waals surface area contributed by atoms with Gasteiger partial charge >= 0.3 is 0 Å². The third-order valence-corrected chi connectivity index (χ3v) is 4.37. The van der Waals surface area contributed by atoms with Crippen molar-refractivity contribution in [2.45, 2.75) is 33.1 Å². The Morgan fingerprint density at radius 3 is 2.55 bits per heavy atom. The third-order valence-electron chi connectivity index (χ3n) is 4.37. The lowest BCUT2D eigenvalue weighted by Crippen LogP contribution is -2.44. The molecule has 0 atom stereocenters. The Hall–Kier alpha value is -1.35. The van der Waals surface area contributed by atoms with Crippen molar-refractivity contribution >= 4 is 5.91 Å². The molecule has 1 fully saturated rings. The molecule has 0 aromatic heterocycles. The van der Waals surface area contributed by atoms with E-state index in [1.165, 1.54) is 5.56 Å². The average molecular weight is 275 g/mol. The van der Waals surface area contributed by atoms with Crippen LogP contribution in [0.4, 0.5) is 0 Å². The summed E-state index contributed by atoms with van der Waals surface area (Å²) in [6.07, 6.45) is 2.86. The van der Waals surface area contributed by atoms with Crippen LogP contribution >= 0.6 is 0 Å². The van der Waals surface area contributed by atoms with Gasteiger partial charge in [0.15, 0.2) is 0 Å². The van der Waals surface area contributed by atoms with E-state index < -0.39 is 0 Å². The van der Waals surface area contributed by atoms with Gasteiger partial charge in [-0.05, 0) is 30.7 Å². The Balaban J connectivity index is 1.81. The largest absolute Gasteiger partial charge is 0.381 e. The number of amides is 1. The zero-order valence-corrected chi connectivity index (χ0v) is 12.5. The molecule has 3 nitrogen and oxygen atoms in total. The summed E-state index contributed by atoms with van der Waals surface area (Å²) in [6.45, 7) is 6.38. The van der Waals surface area contributed by atoms with E-state index in [1.54, 1.807) is 0 Å². The van der Waals surface area contributed by atoms with E-state index in [-0.39, 0.29) is 11.3 Å². The SMILES string of the molecule is CC(C)(C(=O)NCCc1ccccc1)C1CCOCC1. The molecule has 1 aromatic carbocycles. The molecule has 3 heteroatoms. The highest BCUT2D eigenvalue weighted by Crippen LogP contribution is 2.34. The second-order valence-electron chi connectivity index (χ2n) is 6.10. The van der Waals surface area contributed by atoms with Crippen molar-refractivity contribution in [3.63, 3.8) is 0 Å². The van der Waals surface area contributed by atoms with Crippen LogP contribution in [0, 0.1) is 11.3 Å². The van der Waals surface area contributed by atoms with Crippen LogP contribution in [0.3, 0.4) is 0 Å². The van der Waals surface area contributed by atoms with Gasteiger partial charge in [-0.3, -0.25) is 4.79 Å². The molecule has 1 aliphatic heterocycles. The molecule has 1 N–H and O–H groups in total. The molecule has 2 rings (SSSR count). The summed E-state index contributed by atoms with van der Waals surface area (Å²) in [5.74, 6) is 0.591. The molecular weight excluding hydrogens is 250 g/mol. The Labute approximate surface area is 121 Å². The van der Waals surface area contributed by atoms with Crippen LogP contribution in [0.1, 0.15) is 32.3 Å². The lowest BCUT2D eigenvalue weighted by Gasteiger charge is -2.35.